The van der Waals surface area contributed by atoms with Gasteiger partial charge in [-0.2, -0.15) is 0 Å². The first-order valence-electron chi connectivity index (χ1n) is 7.35. The molecule has 0 radical (unpaired) electrons. The summed E-state index contributed by atoms with van der Waals surface area (Å²) in [7, 11) is 2.21. The maximum Gasteiger partial charge on any atom is 0.0207 e. The van der Waals surface area contributed by atoms with Crippen LogP contribution in [0.15, 0.2) is 0 Å². The number of hydrogen-bond donors (Lipinski definition) is 2. The Labute approximate surface area is 114 Å². The highest BCUT2D eigenvalue weighted by atomic mass is 15.2. The molecular weight excluding hydrogens is 222 g/mol. The molecule has 0 aliphatic carbocycles. The molecule has 0 saturated carbocycles. The first-order valence-corrected chi connectivity index (χ1v) is 7.35. The van der Waals surface area contributed by atoms with Crippen molar-refractivity contribution in [1.29, 1.82) is 0 Å². The van der Waals surface area contributed by atoms with Crippen molar-refractivity contribution in [2.24, 2.45) is 10.8 Å². The molecule has 0 bridgehead atoms. The van der Waals surface area contributed by atoms with Crippen molar-refractivity contribution in [2.45, 2.75) is 47.1 Å². The van der Waals surface area contributed by atoms with Gasteiger partial charge in [-0.05, 0) is 30.8 Å². The molecule has 1 fully saturated rings. The van der Waals surface area contributed by atoms with E-state index >= 15 is 0 Å². The molecular formula is C15H33N3. The third kappa shape index (κ3) is 4.87. The SMILES string of the molecule is CN1CCNC(CCNCC(C)(C)C(C)(C)C)C1. The first-order chi connectivity index (χ1) is 8.22. The second kappa shape index (κ2) is 6.36. The van der Waals surface area contributed by atoms with E-state index in [4.69, 9.17) is 0 Å². The van der Waals surface area contributed by atoms with E-state index in [1.807, 2.05) is 0 Å². The van der Waals surface area contributed by atoms with Gasteiger partial charge in [-0.3, -0.25) is 0 Å². The van der Waals surface area contributed by atoms with E-state index in [9.17, 15) is 0 Å². The van der Waals surface area contributed by atoms with Crippen LogP contribution in [0.5, 0.6) is 0 Å². The molecule has 0 aromatic heterocycles. The minimum Gasteiger partial charge on any atom is -0.316 e. The molecule has 1 atom stereocenters. The van der Waals surface area contributed by atoms with Crippen molar-refractivity contribution in [1.82, 2.24) is 15.5 Å². The topological polar surface area (TPSA) is 27.3 Å². The van der Waals surface area contributed by atoms with Gasteiger partial charge in [0.05, 0.1) is 0 Å². The summed E-state index contributed by atoms with van der Waals surface area (Å²) in [6.07, 6.45) is 1.23. The van der Waals surface area contributed by atoms with Crippen LogP contribution in [0.25, 0.3) is 0 Å². The molecule has 1 unspecified atom stereocenters. The fourth-order valence-corrected chi connectivity index (χ4v) is 2.13. The Balaban J connectivity index is 2.18. The molecule has 18 heavy (non-hydrogen) atoms. The number of piperazine rings is 1. The number of nitrogens with zero attached hydrogens (tertiary/aromatic N) is 1. The lowest BCUT2D eigenvalue weighted by Crippen LogP contribution is -2.50. The Morgan fingerprint density at radius 3 is 2.44 bits per heavy atom. The second-order valence-electron chi connectivity index (χ2n) is 7.51. The smallest absolute Gasteiger partial charge is 0.0207 e. The minimum absolute atomic E-state index is 0.337. The van der Waals surface area contributed by atoms with E-state index in [1.165, 1.54) is 19.5 Å². The number of hydrogen-bond acceptors (Lipinski definition) is 3. The molecule has 108 valence electrons. The highest BCUT2D eigenvalue weighted by molar-refractivity contribution is 4.85. The van der Waals surface area contributed by atoms with Gasteiger partial charge in [0, 0.05) is 32.2 Å². The molecule has 1 aliphatic rings. The second-order valence-corrected chi connectivity index (χ2v) is 7.51. The molecule has 1 saturated heterocycles. The van der Waals surface area contributed by atoms with Crippen LogP contribution in [0.1, 0.15) is 41.0 Å². The Kier molecular flexibility index (Phi) is 5.63. The van der Waals surface area contributed by atoms with Crippen molar-refractivity contribution in [3.8, 4) is 0 Å². The third-order valence-electron chi connectivity index (χ3n) is 4.73. The van der Waals surface area contributed by atoms with Crippen LogP contribution >= 0.6 is 0 Å². The zero-order valence-corrected chi connectivity index (χ0v) is 13.3. The predicted octanol–water partition coefficient (Wildman–Crippen LogP) is 1.94. The zero-order chi connectivity index (χ0) is 13.8. The van der Waals surface area contributed by atoms with E-state index < -0.39 is 0 Å². The van der Waals surface area contributed by atoms with Gasteiger partial charge in [0.2, 0.25) is 0 Å². The summed E-state index contributed by atoms with van der Waals surface area (Å²) in [6, 6.07) is 0.661. The maximum absolute atomic E-state index is 3.64. The van der Waals surface area contributed by atoms with Gasteiger partial charge < -0.3 is 15.5 Å². The van der Waals surface area contributed by atoms with Gasteiger partial charge in [-0.25, -0.2) is 0 Å². The fourth-order valence-electron chi connectivity index (χ4n) is 2.13. The van der Waals surface area contributed by atoms with Gasteiger partial charge in [0.25, 0.3) is 0 Å². The Bertz CT molecular complexity index is 243. The molecule has 0 spiro atoms. The van der Waals surface area contributed by atoms with Gasteiger partial charge in [-0.15, -0.1) is 0 Å². The minimum atomic E-state index is 0.337. The number of nitrogens with one attached hydrogen (secondary N) is 2. The van der Waals surface area contributed by atoms with Crippen molar-refractivity contribution in [3.63, 3.8) is 0 Å². The zero-order valence-electron chi connectivity index (χ0n) is 13.3. The third-order valence-corrected chi connectivity index (χ3v) is 4.73. The average Bonchev–Trinajstić information content (AvgIpc) is 2.23. The average molecular weight is 255 g/mol. The fraction of sp³-hybridized carbons (Fsp3) is 1.00. The predicted molar refractivity (Wildman–Crippen MR) is 80.0 cm³/mol. The van der Waals surface area contributed by atoms with Crippen LogP contribution in [-0.2, 0) is 0 Å². The summed E-state index contributed by atoms with van der Waals surface area (Å²) in [5.41, 5.74) is 0.688. The summed E-state index contributed by atoms with van der Waals surface area (Å²) in [6.45, 7) is 17.4. The van der Waals surface area contributed by atoms with Crippen LogP contribution in [0.2, 0.25) is 0 Å². The van der Waals surface area contributed by atoms with E-state index in [0.717, 1.165) is 19.6 Å². The lowest BCUT2D eigenvalue weighted by Gasteiger charge is -2.39. The molecule has 1 rings (SSSR count). The molecule has 3 heteroatoms. The molecule has 0 aromatic carbocycles. The van der Waals surface area contributed by atoms with E-state index in [2.05, 4.69) is 57.2 Å². The largest absolute Gasteiger partial charge is 0.316 e. The molecule has 1 aliphatic heterocycles. The molecule has 2 N–H and O–H groups in total. The lowest BCUT2D eigenvalue weighted by molar-refractivity contribution is 0.128. The first kappa shape index (κ1) is 15.9. The van der Waals surface area contributed by atoms with Gasteiger partial charge in [0.15, 0.2) is 0 Å². The summed E-state index contributed by atoms with van der Waals surface area (Å²) in [5.74, 6) is 0. The normalized spacial score (nSPS) is 23.3. The number of rotatable bonds is 5. The molecule has 0 aromatic rings. The number of likely N-dealkylation sites (N-methyl/N-ethyl adjacent to an activating group) is 1. The van der Waals surface area contributed by atoms with Gasteiger partial charge in [-0.1, -0.05) is 34.6 Å². The van der Waals surface area contributed by atoms with E-state index in [0.29, 0.717) is 16.9 Å². The van der Waals surface area contributed by atoms with Crippen LogP contribution in [0, 0.1) is 10.8 Å². The Hall–Kier alpha value is -0.120. The van der Waals surface area contributed by atoms with Gasteiger partial charge >= 0.3 is 0 Å². The van der Waals surface area contributed by atoms with Crippen molar-refractivity contribution in [2.75, 3.05) is 39.8 Å². The molecule has 0 amide bonds. The van der Waals surface area contributed by atoms with E-state index in [-0.39, 0.29) is 0 Å². The van der Waals surface area contributed by atoms with Crippen LogP contribution in [0.4, 0.5) is 0 Å². The maximum atomic E-state index is 3.64. The summed E-state index contributed by atoms with van der Waals surface area (Å²) in [4.78, 5) is 2.42. The highest BCUT2D eigenvalue weighted by Gasteiger charge is 2.32. The summed E-state index contributed by atoms with van der Waals surface area (Å²) >= 11 is 0. The summed E-state index contributed by atoms with van der Waals surface area (Å²) in [5, 5.41) is 7.23. The monoisotopic (exact) mass is 255 g/mol. The van der Waals surface area contributed by atoms with Crippen molar-refractivity contribution >= 4 is 0 Å². The standard InChI is InChI=1S/C15H33N3/c1-14(2,3)15(4,5)12-16-8-7-13-11-18(6)10-9-17-13/h13,16-17H,7-12H2,1-6H3. The summed E-state index contributed by atoms with van der Waals surface area (Å²) < 4.78 is 0. The van der Waals surface area contributed by atoms with Crippen molar-refractivity contribution in [3.05, 3.63) is 0 Å². The molecule has 1 heterocycles. The van der Waals surface area contributed by atoms with Crippen molar-refractivity contribution < 1.29 is 0 Å². The quantitative estimate of drug-likeness (QED) is 0.735. The highest BCUT2D eigenvalue weighted by Crippen LogP contribution is 2.36. The van der Waals surface area contributed by atoms with Gasteiger partial charge in [0.1, 0.15) is 0 Å². The van der Waals surface area contributed by atoms with E-state index in [1.54, 1.807) is 0 Å². The Morgan fingerprint density at radius 1 is 1.22 bits per heavy atom. The van der Waals surface area contributed by atoms with Crippen LogP contribution in [0.3, 0.4) is 0 Å². The van der Waals surface area contributed by atoms with Crippen LogP contribution in [-0.4, -0.2) is 50.7 Å². The Morgan fingerprint density at radius 2 is 1.89 bits per heavy atom. The van der Waals surface area contributed by atoms with Crippen LogP contribution < -0.4 is 10.6 Å². The lowest BCUT2D eigenvalue weighted by atomic mass is 9.69. The molecule has 3 nitrogen and oxygen atoms in total.